The van der Waals surface area contributed by atoms with E-state index in [0.29, 0.717) is 28.3 Å². The van der Waals surface area contributed by atoms with Crippen LogP contribution in [0, 0.1) is 4.77 Å². The summed E-state index contributed by atoms with van der Waals surface area (Å²) in [5, 5.41) is 2.83. The number of hydrogen-bond donors (Lipinski definition) is 3. The third kappa shape index (κ3) is 3.72. The van der Waals surface area contributed by atoms with Crippen molar-refractivity contribution in [1.29, 1.82) is 0 Å². The second-order valence-electron chi connectivity index (χ2n) is 6.42. The predicted octanol–water partition coefficient (Wildman–Crippen LogP) is 5.34. The molecule has 0 aliphatic heterocycles. The van der Waals surface area contributed by atoms with Gasteiger partial charge in [-0.2, -0.15) is 0 Å². The number of nitrogen functional groups attached to an aromatic ring is 1. The molecule has 28 heavy (non-hydrogen) atoms. The van der Waals surface area contributed by atoms with Crippen LogP contribution in [0.4, 0.5) is 11.4 Å². The van der Waals surface area contributed by atoms with Crippen molar-refractivity contribution in [1.82, 2.24) is 9.55 Å². The molecule has 0 aliphatic carbocycles. The van der Waals surface area contributed by atoms with Crippen molar-refractivity contribution in [2.75, 3.05) is 11.1 Å². The molecular formula is C21H17BrN4OS. The second-order valence-corrected chi connectivity index (χ2v) is 7.72. The number of H-pyrrole nitrogens is 1. The minimum atomic E-state index is -0.196. The molecule has 0 radical (unpaired) electrons. The normalized spacial score (nSPS) is 10.9. The molecule has 4 aromatic rings. The van der Waals surface area contributed by atoms with E-state index in [2.05, 4.69) is 26.2 Å². The second kappa shape index (κ2) is 7.61. The first-order valence-corrected chi connectivity index (χ1v) is 9.84. The van der Waals surface area contributed by atoms with Crippen LogP contribution in [0.3, 0.4) is 0 Å². The summed E-state index contributed by atoms with van der Waals surface area (Å²) in [6.45, 7) is 0.619. The summed E-state index contributed by atoms with van der Waals surface area (Å²) in [6, 6.07) is 20.7. The molecule has 0 unspecified atom stereocenters. The standard InChI is InChI=1S/C21H17BrN4OS/c22-15-9-10-19-18(11-15)25-21(28)26(19)12-13-5-7-14(8-6-13)20(27)24-17-4-2-1-3-16(17)23/h1-11H,12,23H2,(H,24,27)(H,25,28). The molecular weight excluding hydrogens is 436 g/mol. The van der Waals surface area contributed by atoms with Gasteiger partial charge in [-0.1, -0.05) is 40.2 Å². The highest BCUT2D eigenvalue weighted by Gasteiger charge is 2.09. The number of imidazole rings is 1. The SMILES string of the molecule is Nc1ccccc1NC(=O)c1ccc(Cn2c(=S)[nH]c3cc(Br)ccc32)cc1. The van der Waals surface area contributed by atoms with Gasteiger partial charge in [0, 0.05) is 10.0 Å². The Balaban J connectivity index is 1.54. The fourth-order valence-electron chi connectivity index (χ4n) is 3.04. The van der Waals surface area contributed by atoms with Gasteiger partial charge in [0.25, 0.3) is 5.91 Å². The van der Waals surface area contributed by atoms with Gasteiger partial charge in [0.05, 0.1) is 29.0 Å². The van der Waals surface area contributed by atoms with E-state index in [9.17, 15) is 4.79 Å². The largest absolute Gasteiger partial charge is 0.397 e. The average Bonchev–Trinajstić information content (AvgIpc) is 2.98. The number of fused-ring (bicyclic) bond motifs is 1. The number of aromatic amines is 1. The third-order valence-electron chi connectivity index (χ3n) is 4.50. The van der Waals surface area contributed by atoms with Crippen LogP contribution < -0.4 is 11.1 Å². The summed E-state index contributed by atoms with van der Waals surface area (Å²) >= 11 is 8.94. The van der Waals surface area contributed by atoms with Gasteiger partial charge in [0.2, 0.25) is 0 Å². The van der Waals surface area contributed by atoms with Crippen LogP contribution in [0.5, 0.6) is 0 Å². The Labute approximate surface area is 175 Å². The molecule has 4 N–H and O–H groups in total. The number of hydrogen-bond acceptors (Lipinski definition) is 3. The number of nitrogens with one attached hydrogen (secondary N) is 2. The first kappa shape index (κ1) is 18.5. The van der Waals surface area contributed by atoms with Crippen molar-refractivity contribution in [2.45, 2.75) is 6.54 Å². The number of amides is 1. The summed E-state index contributed by atoms with van der Waals surface area (Å²) in [5.41, 5.74) is 10.7. The van der Waals surface area contributed by atoms with E-state index in [1.54, 1.807) is 24.3 Å². The Bertz CT molecular complexity index is 1230. The third-order valence-corrected chi connectivity index (χ3v) is 5.32. The maximum atomic E-state index is 12.5. The van der Waals surface area contributed by atoms with E-state index in [4.69, 9.17) is 18.0 Å². The number of nitrogens with zero attached hydrogens (tertiary/aromatic N) is 1. The van der Waals surface area contributed by atoms with Crippen molar-refractivity contribution in [3.05, 3.63) is 87.1 Å². The van der Waals surface area contributed by atoms with Crippen molar-refractivity contribution >= 4 is 56.5 Å². The lowest BCUT2D eigenvalue weighted by Crippen LogP contribution is -2.13. The zero-order valence-corrected chi connectivity index (χ0v) is 17.2. The molecule has 0 spiro atoms. The number of nitrogens with two attached hydrogens (primary N) is 1. The molecule has 0 atom stereocenters. The lowest BCUT2D eigenvalue weighted by atomic mass is 10.1. The molecule has 0 aliphatic rings. The number of para-hydroxylation sites is 2. The number of carbonyl (C=O) groups excluding carboxylic acids is 1. The number of anilines is 2. The van der Waals surface area contributed by atoms with E-state index in [0.717, 1.165) is 21.1 Å². The minimum absolute atomic E-state index is 0.196. The van der Waals surface area contributed by atoms with E-state index in [1.807, 2.05) is 47.0 Å². The van der Waals surface area contributed by atoms with E-state index in [-0.39, 0.29) is 5.91 Å². The van der Waals surface area contributed by atoms with Crippen molar-refractivity contribution < 1.29 is 4.79 Å². The van der Waals surface area contributed by atoms with Crippen molar-refractivity contribution in [3.63, 3.8) is 0 Å². The summed E-state index contributed by atoms with van der Waals surface area (Å²) in [4.78, 5) is 15.7. The van der Waals surface area contributed by atoms with Crippen LogP contribution in [-0.2, 0) is 6.54 Å². The fraction of sp³-hybridized carbons (Fsp3) is 0.0476. The van der Waals surface area contributed by atoms with Crippen LogP contribution >= 0.6 is 28.1 Å². The lowest BCUT2D eigenvalue weighted by Gasteiger charge is -2.09. The maximum Gasteiger partial charge on any atom is 0.255 e. The van der Waals surface area contributed by atoms with E-state index >= 15 is 0 Å². The maximum absolute atomic E-state index is 12.5. The van der Waals surface area contributed by atoms with Gasteiger partial charge in [-0.25, -0.2) is 0 Å². The van der Waals surface area contributed by atoms with Gasteiger partial charge in [-0.15, -0.1) is 0 Å². The summed E-state index contributed by atoms with van der Waals surface area (Å²) in [6.07, 6.45) is 0. The number of rotatable bonds is 4. The fourth-order valence-corrected chi connectivity index (χ4v) is 3.68. The molecule has 140 valence electrons. The van der Waals surface area contributed by atoms with Crippen LogP contribution in [0.15, 0.2) is 71.2 Å². The number of aromatic nitrogens is 2. The first-order chi connectivity index (χ1) is 13.5. The molecule has 0 fully saturated rings. The first-order valence-electron chi connectivity index (χ1n) is 8.64. The Morgan fingerprint density at radius 3 is 2.61 bits per heavy atom. The summed E-state index contributed by atoms with van der Waals surface area (Å²) in [7, 11) is 0. The van der Waals surface area contributed by atoms with Crippen LogP contribution in [0.25, 0.3) is 11.0 Å². The molecule has 1 aromatic heterocycles. The number of halogens is 1. The highest BCUT2D eigenvalue weighted by atomic mass is 79.9. The van der Waals surface area contributed by atoms with Crippen molar-refractivity contribution in [2.24, 2.45) is 0 Å². The summed E-state index contributed by atoms with van der Waals surface area (Å²) in [5.74, 6) is -0.196. The Morgan fingerprint density at radius 1 is 1.11 bits per heavy atom. The Hall–Kier alpha value is -2.90. The van der Waals surface area contributed by atoms with Crippen LogP contribution in [-0.4, -0.2) is 15.5 Å². The van der Waals surface area contributed by atoms with Crippen LogP contribution in [0.2, 0.25) is 0 Å². The predicted molar refractivity (Wildman–Crippen MR) is 119 cm³/mol. The molecule has 4 rings (SSSR count). The van der Waals surface area contributed by atoms with E-state index in [1.165, 1.54) is 0 Å². The van der Waals surface area contributed by atoms with Gasteiger partial charge in [-0.05, 0) is 60.2 Å². The van der Waals surface area contributed by atoms with Gasteiger partial charge < -0.3 is 20.6 Å². The quantitative estimate of drug-likeness (QED) is 0.288. The number of carbonyl (C=O) groups is 1. The molecule has 0 bridgehead atoms. The highest BCUT2D eigenvalue weighted by molar-refractivity contribution is 9.10. The van der Waals surface area contributed by atoms with Gasteiger partial charge >= 0.3 is 0 Å². The smallest absolute Gasteiger partial charge is 0.255 e. The van der Waals surface area contributed by atoms with Crippen molar-refractivity contribution in [3.8, 4) is 0 Å². The topological polar surface area (TPSA) is 75.8 Å². The van der Waals surface area contributed by atoms with Gasteiger partial charge in [0.15, 0.2) is 4.77 Å². The molecule has 0 saturated carbocycles. The number of benzene rings is 3. The molecule has 5 nitrogen and oxygen atoms in total. The lowest BCUT2D eigenvalue weighted by molar-refractivity contribution is 0.102. The van der Waals surface area contributed by atoms with Crippen LogP contribution in [0.1, 0.15) is 15.9 Å². The Morgan fingerprint density at radius 2 is 1.86 bits per heavy atom. The van der Waals surface area contributed by atoms with Gasteiger partial charge in [-0.3, -0.25) is 4.79 Å². The molecule has 7 heteroatoms. The monoisotopic (exact) mass is 452 g/mol. The average molecular weight is 453 g/mol. The Kier molecular flexibility index (Phi) is 5.02. The molecule has 1 heterocycles. The molecule has 3 aromatic carbocycles. The highest BCUT2D eigenvalue weighted by Crippen LogP contribution is 2.21. The minimum Gasteiger partial charge on any atom is -0.397 e. The molecule has 0 saturated heterocycles. The zero-order valence-electron chi connectivity index (χ0n) is 14.8. The van der Waals surface area contributed by atoms with E-state index < -0.39 is 0 Å². The summed E-state index contributed by atoms with van der Waals surface area (Å²) < 4.78 is 3.70. The van der Waals surface area contributed by atoms with Gasteiger partial charge in [0.1, 0.15) is 0 Å². The molecule has 1 amide bonds. The zero-order chi connectivity index (χ0) is 19.7.